The van der Waals surface area contributed by atoms with Crippen molar-refractivity contribution in [3.63, 3.8) is 0 Å². The standard InChI is InChI=1S/C25H31BN2O8S2/c1-24(2,3)35-23(32)27-9-10-34-13-17(27)14-37-25(22(31)36-26)15-28-20(30)19(21(28)38(25)33)12-18(29)11-16-7-5-4-6-8-16/h4-8,17,19,21H,9-15H2,1-3H3/t17-,19-,21-,25?,38?/m1/s1. The van der Waals surface area contributed by atoms with Crippen molar-refractivity contribution < 1.29 is 37.5 Å². The van der Waals surface area contributed by atoms with Crippen molar-refractivity contribution in [2.45, 2.75) is 54.7 Å². The number of ether oxygens (including phenoxy) is 2. The maximum Gasteiger partial charge on any atom is 0.410 e. The zero-order valence-electron chi connectivity index (χ0n) is 21.6. The van der Waals surface area contributed by atoms with Gasteiger partial charge in [-0.2, -0.15) is 0 Å². The zero-order chi connectivity index (χ0) is 27.7. The Morgan fingerprint density at radius 1 is 1.24 bits per heavy atom. The fourth-order valence-electron chi connectivity index (χ4n) is 4.82. The van der Waals surface area contributed by atoms with Crippen LogP contribution in [0, 0.1) is 5.92 Å². The van der Waals surface area contributed by atoms with Crippen LogP contribution in [0.15, 0.2) is 30.3 Å². The number of carbonyl (C=O) groups excluding carboxylic acids is 4. The number of Topliss-reactive ketones (excluding diaryl/α,β-unsaturated/α-hetero) is 1. The van der Waals surface area contributed by atoms with Crippen LogP contribution in [0.5, 0.6) is 0 Å². The fourth-order valence-corrected chi connectivity index (χ4v) is 8.71. The van der Waals surface area contributed by atoms with Crippen molar-refractivity contribution >= 4 is 54.4 Å². The maximum atomic E-state index is 13.8. The van der Waals surface area contributed by atoms with Crippen LogP contribution < -0.4 is 0 Å². The third-order valence-corrected chi connectivity index (χ3v) is 10.8. The Morgan fingerprint density at radius 3 is 2.61 bits per heavy atom. The van der Waals surface area contributed by atoms with Gasteiger partial charge in [0.05, 0.1) is 42.5 Å². The molecule has 2 unspecified atom stereocenters. The summed E-state index contributed by atoms with van der Waals surface area (Å²) >= 11 is 1.03. The maximum absolute atomic E-state index is 13.8. The predicted molar refractivity (Wildman–Crippen MR) is 141 cm³/mol. The number of amides is 2. The smallest absolute Gasteiger partial charge is 0.410 e. The zero-order valence-corrected chi connectivity index (χ0v) is 23.3. The van der Waals surface area contributed by atoms with Crippen LogP contribution in [0.3, 0.4) is 0 Å². The number of hydrogen-bond donors (Lipinski definition) is 0. The van der Waals surface area contributed by atoms with Gasteiger partial charge in [0.1, 0.15) is 16.8 Å². The minimum atomic E-state index is -1.91. The van der Waals surface area contributed by atoms with E-state index in [1.807, 2.05) is 30.3 Å². The molecule has 3 fully saturated rings. The van der Waals surface area contributed by atoms with Gasteiger partial charge in [-0.1, -0.05) is 30.3 Å². The van der Waals surface area contributed by atoms with E-state index in [1.54, 1.807) is 20.8 Å². The average molecular weight is 562 g/mol. The van der Waals surface area contributed by atoms with Gasteiger partial charge in [-0.3, -0.25) is 23.5 Å². The van der Waals surface area contributed by atoms with E-state index in [2.05, 4.69) is 4.65 Å². The molecule has 0 bridgehead atoms. The Labute approximate surface area is 230 Å². The second-order valence-electron chi connectivity index (χ2n) is 10.5. The van der Waals surface area contributed by atoms with E-state index in [0.29, 0.717) is 13.2 Å². The molecule has 3 aliphatic rings. The molecule has 38 heavy (non-hydrogen) atoms. The molecule has 0 spiro atoms. The molecule has 1 aromatic rings. The number of rotatable bonds is 8. The number of benzene rings is 1. The van der Waals surface area contributed by atoms with Crippen LogP contribution >= 0.6 is 11.8 Å². The summed E-state index contributed by atoms with van der Waals surface area (Å²) in [4.78, 5) is 54.2. The molecule has 10 nitrogen and oxygen atoms in total. The average Bonchev–Trinajstić information content (AvgIpc) is 3.15. The van der Waals surface area contributed by atoms with Crippen LogP contribution in [-0.2, 0) is 45.7 Å². The first-order chi connectivity index (χ1) is 18.0. The van der Waals surface area contributed by atoms with Crippen molar-refractivity contribution in [3.8, 4) is 0 Å². The Hall–Kier alpha value is -2.38. The molecule has 1 aromatic carbocycles. The highest BCUT2D eigenvalue weighted by atomic mass is 32.2. The minimum Gasteiger partial charge on any atom is -0.542 e. The summed E-state index contributed by atoms with van der Waals surface area (Å²) < 4.78 is 27.7. The van der Waals surface area contributed by atoms with E-state index < -0.39 is 49.9 Å². The molecular weight excluding hydrogens is 531 g/mol. The van der Waals surface area contributed by atoms with Crippen LogP contribution in [0.25, 0.3) is 0 Å². The highest BCUT2D eigenvalue weighted by Gasteiger charge is 2.67. The van der Waals surface area contributed by atoms with Crippen LogP contribution in [0.2, 0.25) is 0 Å². The Balaban J connectivity index is 1.46. The number of hydrogen-bond acceptors (Lipinski definition) is 9. The number of thioether (sulfide) groups is 1. The van der Waals surface area contributed by atoms with E-state index in [9.17, 15) is 23.4 Å². The lowest BCUT2D eigenvalue weighted by Crippen LogP contribution is -2.59. The topological polar surface area (TPSA) is 120 Å². The quantitative estimate of drug-likeness (QED) is 0.342. The monoisotopic (exact) mass is 562 g/mol. The lowest BCUT2D eigenvalue weighted by Gasteiger charge is -2.40. The molecule has 2 amide bonds. The lowest BCUT2D eigenvalue weighted by molar-refractivity contribution is -0.152. The van der Waals surface area contributed by atoms with E-state index in [4.69, 9.17) is 17.5 Å². The van der Waals surface area contributed by atoms with Gasteiger partial charge >= 0.3 is 20.1 Å². The van der Waals surface area contributed by atoms with Crippen molar-refractivity contribution in [1.29, 1.82) is 0 Å². The van der Waals surface area contributed by atoms with Gasteiger partial charge in [0, 0.05) is 25.1 Å². The third kappa shape index (κ3) is 5.79. The Morgan fingerprint density at radius 2 is 1.95 bits per heavy atom. The molecule has 0 aliphatic carbocycles. The second kappa shape index (κ2) is 11.4. The van der Waals surface area contributed by atoms with Gasteiger partial charge in [0.2, 0.25) is 9.99 Å². The summed E-state index contributed by atoms with van der Waals surface area (Å²) in [5.41, 5.74) is 0.138. The normalized spacial score (nSPS) is 28.9. The minimum absolute atomic E-state index is 0.0675. The van der Waals surface area contributed by atoms with Gasteiger partial charge in [0.25, 0.3) is 0 Å². The molecule has 204 valence electrons. The number of carbonyl (C=O) groups is 4. The second-order valence-corrected chi connectivity index (χ2v) is 13.9. The number of nitrogens with zero attached hydrogens (tertiary/aromatic N) is 2. The SMILES string of the molecule is [B]OC(=O)C1(SC[C@H]2COCCN2C(=O)OC(C)(C)C)CN2C(=O)[C@@H](CC(=O)Cc3ccccc3)[C@H]2S1=O. The van der Waals surface area contributed by atoms with E-state index in [1.165, 1.54) is 9.80 Å². The summed E-state index contributed by atoms with van der Waals surface area (Å²) in [6.07, 6.45) is -0.413. The summed E-state index contributed by atoms with van der Waals surface area (Å²) in [5.74, 6) is -2.00. The highest BCUT2D eigenvalue weighted by Crippen LogP contribution is 2.49. The van der Waals surface area contributed by atoms with E-state index >= 15 is 0 Å². The number of morpholine rings is 1. The van der Waals surface area contributed by atoms with Crippen LogP contribution in [0.1, 0.15) is 32.8 Å². The van der Waals surface area contributed by atoms with Crippen LogP contribution in [0.4, 0.5) is 4.79 Å². The first-order valence-electron chi connectivity index (χ1n) is 12.4. The van der Waals surface area contributed by atoms with Crippen LogP contribution in [-0.4, -0.2) is 99.0 Å². The molecular formula is C25H31BN2O8S2. The largest absolute Gasteiger partial charge is 0.542 e. The van der Waals surface area contributed by atoms with Gasteiger partial charge < -0.3 is 19.0 Å². The molecule has 5 atom stereocenters. The summed E-state index contributed by atoms with van der Waals surface area (Å²) in [7, 11) is 3.33. The van der Waals surface area contributed by atoms with Gasteiger partial charge in [-0.25, -0.2) is 4.79 Å². The first kappa shape index (κ1) is 28.6. The van der Waals surface area contributed by atoms with Crippen molar-refractivity contribution in [2.75, 3.05) is 32.1 Å². The molecule has 3 aliphatic heterocycles. The third-order valence-electron chi connectivity index (χ3n) is 6.65. The van der Waals surface area contributed by atoms with Crippen molar-refractivity contribution in [1.82, 2.24) is 9.80 Å². The molecule has 0 N–H and O–H groups in total. The summed E-state index contributed by atoms with van der Waals surface area (Å²) in [6.45, 7) is 5.99. The van der Waals surface area contributed by atoms with Crippen molar-refractivity contribution in [2.24, 2.45) is 5.92 Å². The number of ketones is 1. The molecule has 4 rings (SSSR count). The number of β-lactam (4-membered cyclic amide) rings is 1. The van der Waals surface area contributed by atoms with E-state index in [0.717, 1.165) is 17.3 Å². The van der Waals surface area contributed by atoms with Gasteiger partial charge in [0.15, 0.2) is 0 Å². The predicted octanol–water partition coefficient (Wildman–Crippen LogP) is 1.43. The fraction of sp³-hybridized carbons (Fsp3) is 0.600. The molecule has 0 aromatic heterocycles. The van der Waals surface area contributed by atoms with Crippen molar-refractivity contribution in [3.05, 3.63) is 35.9 Å². The Kier molecular flexibility index (Phi) is 8.58. The highest BCUT2D eigenvalue weighted by molar-refractivity contribution is 8.14. The summed E-state index contributed by atoms with van der Waals surface area (Å²) in [5, 5.41) is -0.793. The number of fused-ring (bicyclic) bond motifs is 1. The van der Waals surface area contributed by atoms with E-state index in [-0.39, 0.29) is 43.4 Å². The summed E-state index contributed by atoms with van der Waals surface area (Å²) in [6, 6.07) is 8.70. The molecule has 0 saturated carbocycles. The molecule has 3 heterocycles. The lowest BCUT2D eigenvalue weighted by atomic mass is 9.90. The molecule has 2 radical (unpaired) electrons. The van der Waals surface area contributed by atoms with Gasteiger partial charge in [-0.15, -0.1) is 11.8 Å². The first-order valence-corrected chi connectivity index (χ1v) is 14.6. The Bertz CT molecular complexity index is 1110. The van der Waals surface area contributed by atoms with Gasteiger partial charge in [-0.05, 0) is 26.3 Å². The molecule has 13 heteroatoms. The molecule has 3 saturated heterocycles.